The molecule has 0 spiro atoms. The number of amides is 1. The molecule has 1 unspecified atom stereocenters. The predicted octanol–water partition coefficient (Wildman–Crippen LogP) is 3.41. The summed E-state index contributed by atoms with van der Waals surface area (Å²) in [6, 6.07) is 9.72. The summed E-state index contributed by atoms with van der Waals surface area (Å²) < 4.78 is 5.47. The van der Waals surface area contributed by atoms with Crippen LogP contribution in [0, 0.1) is 0 Å². The van der Waals surface area contributed by atoms with Crippen molar-refractivity contribution in [3.05, 3.63) is 35.4 Å². The Balaban J connectivity index is 1.58. The lowest BCUT2D eigenvalue weighted by Gasteiger charge is -2.38. The van der Waals surface area contributed by atoms with Crippen LogP contribution < -0.4 is 0 Å². The quantitative estimate of drug-likeness (QED) is 0.820. The van der Waals surface area contributed by atoms with E-state index >= 15 is 0 Å². The Kier molecular flexibility index (Phi) is 6.13. The monoisotopic (exact) mass is 344 g/mol. The van der Waals surface area contributed by atoms with E-state index in [1.807, 2.05) is 0 Å². The summed E-state index contributed by atoms with van der Waals surface area (Å²) in [7, 11) is 0. The molecule has 1 aromatic carbocycles. The highest BCUT2D eigenvalue weighted by Gasteiger charge is 2.34. The van der Waals surface area contributed by atoms with Crippen LogP contribution in [0.3, 0.4) is 0 Å². The number of hydrogen-bond donors (Lipinski definition) is 0. The molecule has 2 saturated heterocycles. The van der Waals surface area contributed by atoms with Gasteiger partial charge < -0.3 is 9.64 Å². The van der Waals surface area contributed by atoms with Gasteiger partial charge in [0.15, 0.2) is 0 Å². The molecule has 1 aromatic rings. The molecule has 4 nitrogen and oxygen atoms in total. The van der Waals surface area contributed by atoms with Gasteiger partial charge in [0.05, 0.1) is 0 Å². The summed E-state index contributed by atoms with van der Waals surface area (Å²) in [5.74, 6) is 0.800. The van der Waals surface area contributed by atoms with E-state index in [0.717, 1.165) is 52.1 Å². The van der Waals surface area contributed by atoms with Gasteiger partial charge in [-0.25, -0.2) is 0 Å². The molecule has 2 aliphatic rings. The van der Waals surface area contributed by atoms with Gasteiger partial charge in [-0.1, -0.05) is 38.1 Å². The lowest BCUT2D eigenvalue weighted by Crippen LogP contribution is -2.49. The maximum Gasteiger partial charge on any atom is 0.219 e. The van der Waals surface area contributed by atoms with E-state index in [-0.39, 0.29) is 5.91 Å². The smallest absolute Gasteiger partial charge is 0.219 e. The molecule has 0 radical (unpaired) electrons. The van der Waals surface area contributed by atoms with E-state index < -0.39 is 0 Å². The van der Waals surface area contributed by atoms with Crippen molar-refractivity contribution in [2.75, 3.05) is 26.3 Å². The van der Waals surface area contributed by atoms with Gasteiger partial charge in [-0.3, -0.25) is 9.69 Å². The number of carbonyl (C=O) groups is 1. The molecule has 0 N–H and O–H groups in total. The normalized spacial score (nSPS) is 22.5. The second-order valence-corrected chi connectivity index (χ2v) is 7.84. The average molecular weight is 344 g/mol. The Labute approximate surface area is 152 Å². The van der Waals surface area contributed by atoms with Gasteiger partial charge in [-0.2, -0.15) is 0 Å². The first-order chi connectivity index (χ1) is 12.0. The van der Waals surface area contributed by atoms with Crippen molar-refractivity contribution in [1.82, 2.24) is 9.80 Å². The van der Waals surface area contributed by atoms with Crippen molar-refractivity contribution in [2.24, 2.45) is 0 Å². The molecule has 25 heavy (non-hydrogen) atoms. The largest absolute Gasteiger partial charge is 0.381 e. The summed E-state index contributed by atoms with van der Waals surface area (Å²) >= 11 is 0. The number of hydrogen-bond acceptors (Lipinski definition) is 3. The van der Waals surface area contributed by atoms with Gasteiger partial charge in [0.1, 0.15) is 0 Å². The number of rotatable bonds is 5. The lowest BCUT2D eigenvalue weighted by atomic mass is 10.0. The zero-order chi connectivity index (χ0) is 17.8. The van der Waals surface area contributed by atoms with E-state index in [9.17, 15) is 4.79 Å². The molecular weight excluding hydrogens is 312 g/mol. The number of carbonyl (C=O) groups excluding carboxylic acids is 1. The molecule has 2 heterocycles. The summed E-state index contributed by atoms with van der Waals surface area (Å²) in [4.78, 5) is 16.9. The first-order valence-electron chi connectivity index (χ1n) is 9.72. The van der Waals surface area contributed by atoms with Crippen LogP contribution in [-0.2, 0) is 16.1 Å². The Morgan fingerprint density at radius 3 is 2.44 bits per heavy atom. The van der Waals surface area contributed by atoms with Crippen LogP contribution in [0.25, 0.3) is 0 Å². The second-order valence-electron chi connectivity index (χ2n) is 7.84. The molecule has 0 bridgehead atoms. The summed E-state index contributed by atoms with van der Waals surface area (Å²) in [6.45, 7) is 10.8. The molecule has 0 aromatic heterocycles. The maximum absolute atomic E-state index is 12.3. The SMILES string of the molecule is CC(=O)N(C1CCOCC1)C1CCN(Cc2ccc(C(C)C)cc2)C1. The van der Waals surface area contributed by atoms with Crippen molar-refractivity contribution in [3.63, 3.8) is 0 Å². The van der Waals surface area contributed by atoms with E-state index in [0.29, 0.717) is 18.0 Å². The van der Waals surface area contributed by atoms with Crippen LogP contribution in [-0.4, -0.2) is 54.1 Å². The minimum atomic E-state index is 0.222. The molecule has 138 valence electrons. The first-order valence-corrected chi connectivity index (χ1v) is 9.72. The Morgan fingerprint density at radius 1 is 1.16 bits per heavy atom. The van der Waals surface area contributed by atoms with Gasteiger partial charge in [-0.05, 0) is 36.3 Å². The average Bonchev–Trinajstić information content (AvgIpc) is 3.04. The highest BCUT2D eigenvalue weighted by molar-refractivity contribution is 5.74. The summed E-state index contributed by atoms with van der Waals surface area (Å²) in [6.07, 6.45) is 3.04. The van der Waals surface area contributed by atoms with Crippen molar-refractivity contribution in [3.8, 4) is 0 Å². The first kappa shape index (κ1) is 18.4. The van der Waals surface area contributed by atoms with Crippen molar-refractivity contribution in [2.45, 2.75) is 64.6 Å². The number of nitrogens with zero attached hydrogens (tertiary/aromatic N) is 2. The van der Waals surface area contributed by atoms with Crippen molar-refractivity contribution in [1.29, 1.82) is 0 Å². The third-order valence-electron chi connectivity index (χ3n) is 5.64. The Hall–Kier alpha value is -1.39. The van der Waals surface area contributed by atoms with Gasteiger partial charge >= 0.3 is 0 Å². The molecule has 2 fully saturated rings. The third kappa shape index (κ3) is 4.62. The fraction of sp³-hybridized carbons (Fsp3) is 0.667. The van der Waals surface area contributed by atoms with Crippen LogP contribution in [0.1, 0.15) is 57.1 Å². The van der Waals surface area contributed by atoms with Crippen molar-refractivity contribution >= 4 is 5.91 Å². The summed E-state index contributed by atoms with van der Waals surface area (Å²) in [5.41, 5.74) is 2.76. The number of ether oxygens (including phenoxy) is 1. The van der Waals surface area contributed by atoms with E-state index in [4.69, 9.17) is 4.74 Å². The zero-order valence-corrected chi connectivity index (χ0v) is 15.9. The molecule has 3 rings (SSSR count). The fourth-order valence-corrected chi connectivity index (χ4v) is 4.22. The van der Waals surface area contributed by atoms with Crippen LogP contribution in [0.2, 0.25) is 0 Å². The minimum absolute atomic E-state index is 0.222. The molecule has 4 heteroatoms. The number of likely N-dealkylation sites (tertiary alicyclic amines) is 1. The van der Waals surface area contributed by atoms with E-state index in [1.165, 1.54) is 11.1 Å². The van der Waals surface area contributed by atoms with Gasteiger partial charge in [0, 0.05) is 51.9 Å². The summed E-state index contributed by atoms with van der Waals surface area (Å²) in [5, 5.41) is 0. The molecule has 1 amide bonds. The zero-order valence-electron chi connectivity index (χ0n) is 15.9. The predicted molar refractivity (Wildman–Crippen MR) is 101 cm³/mol. The number of benzene rings is 1. The van der Waals surface area contributed by atoms with Crippen LogP contribution in [0.5, 0.6) is 0 Å². The molecule has 0 aliphatic carbocycles. The fourth-order valence-electron chi connectivity index (χ4n) is 4.22. The Morgan fingerprint density at radius 2 is 1.84 bits per heavy atom. The second kappa shape index (κ2) is 8.33. The minimum Gasteiger partial charge on any atom is -0.381 e. The van der Waals surface area contributed by atoms with Crippen LogP contribution in [0.15, 0.2) is 24.3 Å². The molecular formula is C21H32N2O2. The highest BCUT2D eigenvalue weighted by atomic mass is 16.5. The molecule has 0 saturated carbocycles. The van der Waals surface area contributed by atoms with Gasteiger partial charge in [-0.15, -0.1) is 0 Å². The van der Waals surface area contributed by atoms with E-state index in [1.54, 1.807) is 6.92 Å². The van der Waals surface area contributed by atoms with Crippen molar-refractivity contribution < 1.29 is 9.53 Å². The highest BCUT2D eigenvalue weighted by Crippen LogP contribution is 2.25. The standard InChI is InChI=1S/C21H32N2O2/c1-16(2)19-6-4-18(5-7-19)14-22-11-8-21(15-22)23(17(3)24)20-9-12-25-13-10-20/h4-7,16,20-21H,8-15H2,1-3H3. The molecule has 1 atom stereocenters. The van der Waals surface area contributed by atoms with Crippen LogP contribution >= 0.6 is 0 Å². The van der Waals surface area contributed by atoms with Gasteiger partial charge in [0.25, 0.3) is 0 Å². The van der Waals surface area contributed by atoms with Crippen LogP contribution in [0.4, 0.5) is 0 Å². The van der Waals surface area contributed by atoms with E-state index in [2.05, 4.69) is 47.9 Å². The molecule has 2 aliphatic heterocycles. The lowest BCUT2D eigenvalue weighted by molar-refractivity contribution is -0.135. The third-order valence-corrected chi connectivity index (χ3v) is 5.64. The Bertz CT molecular complexity index is 564. The topological polar surface area (TPSA) is 32.8 Å². The maximum atomic E-state index is 12.3. The van der Waals surface area contributed by atoms with Gasteiger partial charge in [0.2, 0.25) is 5.91 Å².